The fourth-order valence-electron chi connectivity index (χ4n) is 4.98. The van der Waals surface area contributed by atoms with Gasteiger partial charge in [0.1, 0.15) is 17.3 Å². The van der Waals surface area contributed by atoms with Crippen molar-refractivity contribution in [2.24, 2.45) is 10.2 Å². The van der Waals surface area contributed by atoms with Gasteiger partial charge < -0.3 is 60.3 Å². The number of aliphatic carboxylic acids is 2. The number of hydrogen-bond donors (Lipinski definition) is 7. The Balaban J connectivity index is 0.000000830. The summed E-state index contributed by atoms with van der Waals surface area (Å²) in [5.74, 6) is -4.05. The van der Waals surface area contributed by atoms with Crippen molar-refractivity contribution in [2.45, 2.75) is 133 Å². The maximum atomic E-state index is 11.4. The molecule has 2 heterocycles. The zero-order valence-electron chi connectivity index (χ0n) is 27.3. The van der Waals surface area contributed by atoms with E-state index in [2.05, 4.69) is 43.3 Å². The molecule has 2 unspecified atom stereocenters. The van der Waals surface area contributed by atoms with Crippen LogP contribution in [0.15, 0.2) is 10.2 Å². The Hall–Kier alpha value is -3.72. The van der Waals surface area contributed by atoms with Gasteiger partial charge in [-0.3, -0.25) is 14.4 Å². The normalized spacial score (nSPS) is 31.8. The molecule has 0 aromatic rings. The molecule has 22 heteroatoms. The minimum Gasteiger partial charge on any atom is -0.547 e. The number of aliphatic hydroxyl groups is 4. The number of nitrogens with one attached hydrogen (secondary N) is 2. The van der Waals surface area contributed by atoms with Crippen molar-refractivity contribution in [1.29, 1.82) is 0 Å². The van der Waals surface area contributed by atoms with Crippen LogP contribution < -0.4 is 20.8 Å². The smallest absolute Gasteiger partial charge is 0.217 e. The summed E-state index contributed by atoms with van der Waals surface area (Å²) in [6.45, 7) is 8.93. The van der Waals surface area contributed by atoms with E-state index < -0.39 is 95.7 Å². The summed E-state index contributed by atoms with van der Waals surface area (Å²) in [6, 6.07) is -4.46. The van der Waals surface area contributed by atoms with Crippen LogP contribution in [0.2, 0.25) is 0 Å². The van der Waals surface area contributed by atoms with Crippen molar-refractivity contribution in [3.05, 3.63) is 20.9 Å². The topological polar surface area (TPSA) is 352 Å². The molecule has 2 aliphatic rings. The number of nitrogens with zero attached hydrogens (tertiary/aromatic N) is 6. The van der Waals surface area contributed by atoms with Crippen LogP contribution in [0, 0.1) is 0 Å². The van der Waals surface area contributed by atoms with E-state index in [0.717, 1.165) is 0 Å². The number of carbonyl (C=O) groups is 5. The molecule has 0 radical (unpaired) electrons. The largest absolute Gasteiger partial charge is 0.547 e. The summed E-state index contributed by atoms with van der Waals surface area (Å²) in [5.41, 5.74) is 13.4. The number of ether oxygens (including phenoxy) is 2. The van der Waals surface area contributed by atoms with Crippen LogP contribution in [0.5, 0.6) is 0 Å². The van der Waals surface area contributed by atoms with E-state index in [-0.39, 0.29) is 18.0 Å². The second-order valence-electron chi connectivity index (χ2n) is 11.6. The lowest BCUT2D eigenvalue weighted by Gasteiger charge is -2.49. The molecule has 48 heavy (non-hydrogen) atoms. The molecule has 2 fully saturated rings. The first-order chi connectivity index (χ1) is 22.0. The van der Waals surface area contributed by atoms with E-state index in [1.807, 2.05) is 0 Å². The number of azide groups is 2. The summed E-state index contributed by atoms with van der Waals surface area (Å²) >= 11 is 3.33. The Morgan fingerprint density at radius 1 is 0.875 bits per heavy atom. The second-order valence-corrected chi connectivity index (χ2v) is 12.2. The van der Waals surface area contributed by atoms with E-state index in [4.69, 9.17) is 20.5 Å². The van der Waals surface area contributed by atoms with Gasteiger partial charge in [0.05, 0.1) is 66.6 Å². The monoisotopic (exact) mass is 706 g/mol. The lowest BCUT2D eigenvalue weighted by Crippen LogP contribution is -2.70. The molecule has 0 saturated carbocycles. The molecule has 0 spiro atoms. The van der Waals surface area contributed by atoms with Crippen molar-refractivity contribution in [3.63, 3.8) is 0 Å². The minimum atomic E-state index is -1.86. The van der Waals surface area contributed by atoms with Crippen LogP contribution in [0.1, 0.15) is 61.3 Å². The molecular weight excluding hydrogens is 664 g/mol. The summed E-state index contributed by atoms with van der Waals surface area (Å²) < 4.78 is 10.9. The Kier molecular flexibility index (Phi) is 17.8. The number of thiol groups is 1. The SMILES string of the molecule is CC(=O)N[C@H]1C([C@H](NC(C)=O)[C@@H](C)O)O[C@@](C)(C(=O)[O-])C[C@H]1O.CC(=O)S.C[C@@H](O)[C@@H](N=[N+]=[N-])C1O[C@@](C)(C(=O)[O-])C[C@@H](O)[C@H]1N=[N+]=[N-]. The van der Waals surface area contributed by atoms with Crippen LogP contribution in [-0.4, -0.2) is 121 Å². The van der Waals surface area contributed by atoms with Crippen LogP contribution >= 0.6 is 12.6 Å². The number of carbonyl (C=O) groups excluding carboxylic acids is 5. The first kappa shape index (κ1) is 44.3. The van der Waals surface area contributed by atoms with Crippen LogP contribution in [0.25, 0.3) is 20.9 Å². The zero-order chi connectivity index (χ0) is 37.7. The van der Waals surface area contributed by atoms with Crippen LogP contribution in [0.3, 0.4) is 0 Å². The Morgan fingerprint density at radius 2 is 1.33 bits per heavy atom. The number of hydrogen-bond acceptors (Lipinski definition) is 15. The van der Waals surface area contributed by atoms with E-state index in [1.165, 1.54) is 48.5 Å². The van der Waals surface area contributed by atoms with Gasteiger partial charge in [0.2, 0.25) is 11.8 Å². The van der Waals surface area contributed by atoms with Gasteiger partial charge in [0.15, 0.2) is 5.12 Å². The molecule has 0 bridgehead atoms. The Morgan fingerprint density at radius 3 is 1.69 bits per heavy atom. The fraction of sp³-hybridized carbons (Fsp3) is 0.808. The standard InChI is InChI=1S/C14H24N2O7.C10H16N6O5.C2H4OS/c1-6(17)10(15-7(2)18)12-11(16-8(3)19)9(20)5-14(4,23-12)13(21)22;1-4(17)6(13-15-11)8-7(14-16-12)5(18)3-10(2,21-8)9(19)20;1-2(3)4/h6,9-12,17,20H,5H2,1-4H3,(H,15,18)(H,16,19)(H,21,22);4-8,17-18H,3H2,1-2H3,(H,19,20);1H3,(H,3,4)/p-2/t6-,9-,10-,11-,12?,14-;4-,5-,6-,7-,8?,10-;/m11./s1. The van der Waals surface area contributed by atoms with Gasteiger partial charge in [0.25, 0.3) is 0 Å². The number of carboxylic acid groups (broad SMARTS) is 2. The van der Waals surface area contributed by atoms with E-state index in [9.17, 15) is 54.6 Å². The molecule has 2 amide bonds. The molecule has 12 atom stereocenters. The molecular formula is C26H42N8O13S-2. The molecule has 21 nitrogen and oxygen atoms in total. The predicted octanol–water partition coefficient (Wildman–Crippen LogP) is -3.12. The van der Waals surface area contributed by atoms with Gasteiger partial charge in [-0.15, -0.1) is 12.6 Å². The maximum absolute atomic E-state index is 11.4. The Labute approximate surface area is 280 Å². The average molecular weight is 707 g/mol. The minimum absolute atomic E-state index is 0.139. The second kappa shape index (κ2) is 19.3. The molecule has 2 rings (SSSR count). The van der Waals surface area contributed by atoms with E-state index in [0.29, 0.717) is 0 Å². The molecule has 6 N–H and O–H groups in total. The molecule has 272 valence electrons. The zero-order valence-corrected chi connectivity index (χ0v) is 28.2. The quantitative estimate of drug-likeness (QED) is 0.0512. The summed E-state index contributed by atoms with van der Waals surface area (Å²) in [4.78, 5) is 59.6. The predicted molar refractivity (Wildman–Crippen MR) is 162 cm³/mol. The maximum Gasteiger partial charge on any atom is 0.217 e. The molecule has 2 saturated heterocycles. The highest BCUT2D eigenvalue weighted by atomic mass is 32.1. The van der Waals surface area contributed by atoms with Gasteiger partial charge in [-0.1, -0.05) is 10.2 Å². The van der Waals surface area contributed by atoms with Gasteiger partial charge in [-0.25, -0.2) is 0 Å². The summed E-state index contributed by atoms with van der Waals surface area (Å²) in [6.07, 6.45) is -8.05. The van der Waals surface area contributed by atoms with Crippen molar-refractivity contribution in [1.82, 2.24) is 10.6 Å². The number of amides is 2. The molecule has 0 aromatic heterocycles. The van der Waals surface area contributed by atoms with Crippen molar-refractivity contribution in [3.8, 4) is 0 Å². The number of carboxylic acids is 2. The van der Waals surface area contributed by atoms with Gasteiger partial charge in [-0.05, 0) is 38.8 Å². The van der Waals surface area contributed by atoms with Crippen LogP contribution in [-0.2, 0) is 33.4 Å². The van der Waals surface area contributed by atoms with Gasteiger partial charge in [-0.2, -0.15) is 0 Å². The highest BCUT2D eigenvalue weighted by Gasteiger charge is 2.50. The van der Waals surface area contributed by atoms with E-state index in [1.54, 1.807) is 0 Å². The first-order valence-electron chi connectivity index (χ1n) is 14.3. The average Bonchev–Trinajstić information content (AvgIpc) is 2.92. The number of aliphatic hydroxyl groups excluding tert-OH is 4. The molecule has 0 aromatic carbocycles. The third-order valence-corrected chi connectivity index (χ3v) is 7.17. The highest BCUT2D eigenvalue weighted by molar-refractivity contribution is 7.96. The van der Waals surface area contributed by atoms with Crippen molar-refractivity contribution >= 4 is 41.5 Å². The first-order valence-corrected chi connectivity index (χ1v) is 14.8. The summed E-state index contributed by atoms with van der Waals surface area (Å²) in [5, 5.41) is 73.8. The Bertz CT molecular complexity index is 1220. The number of rotatable bonds is 10. The van der Waals surface area contributed by atoms with Crippen molar-refractivity contribution in [2.75, 3.05) is 0 Å². The highest BCUT2D eigenvalue weighted by Crippen LogP contribution is 2.34. The summed E-state index contributed by atoms with van der Waals surface area (Å²) in [7, 11) is 0. The van der Waals surface area contributed by atoms with Gasteiger partial charge in [0, 0.05) is 43.4 Å². The van der Waals surface area contributed by atoms with E-state index >= 15 is 0 Å². The lowest BCUT2D eigenvalue weighted by atomic mass is 9.83. The molecule has 0 aliphatic carbocycles. The lowest BCUT2D eigenvalue weighted by molar-refractivity contribution is -0.336. The van der Waals surface area contributed by atoms with Crippen molar-refractivity contribution < 1.29 is 64.1 Å². The molecule has 2 aliphatic heterocycles. The fourth-order valence-corrected chi connectivity index (χ4v) is 4.98. The van der Waals surface area contributed by atoms with Crippen LogP contribution in [0.4, 0.5) is 0 Å². The van der Waals surface area contributed by atoms with Gasteiger partial charge >= 0.3 is 0 Å². The third-order valence-electron chi connectivity index (χ3n) is 7.17. The third kappa shape index (κ3) is 13.1.